The van der Waals surface area contributed by atoms with Crippen LogP contribution in [-0.4, -0.2) is 42.3 Å². The average Bonchev–Trinajstić information content (AvgIpc) is 2.65. The van der Waals surface area contributed by atoms with Crippen molar-refractivity contribution in [2.24, 2.45) is 5.92 Å². The highest BCUT2D eigenvalue weighted by atomic mass is 32.2. The van der Waals surface area contributed by atoms with Crippen LogP contribution in [0.25, 0.3) is 0 Å². The molecule has 1 N–H and O–H groups in total. The number of carboxylic acids is 1. The average molecular weight is 383 g/mol. The molecule has 0 bridgehead atoms. The molecule has 2 atom stereocenters. The summed E-state index contributed by atoms with van der Waals surface area (Å²) in [7, 11) is 1.31. The zero-order chi connectivity index (χ0) is 19.4. The number of carboxylic acid groups (broad SMARTS) is 1. The van der Waals surface area contributed by atoms with Gasteiger partial charge < -0.3 is 14.6 Å². The van der Waals surface area contributed by atoms with Crippen LogP contribution in [0.15, 0.2) is 24.3 Å². The number of thioether (sulfide) groups is 1. The minimum absolute atomic E-state index is 0.136. The van der Waals surface area contributed by atoms with Gasteiger partial charge in [-0.05, 0) is 29.9 Å². The van der Waals surface area contributed by atoms with Crippen LogP contribution >= 0.6 is 11.8 Å². The number of carbonyl (C=O) groups excluding carboxylic acids is 1. The minimum atomic E-state index is -0.871. The van der Waals surface area contributed by atoms with E-state index in [1.807, 2.05) is 0 Å². The molecule has 0 amide bonds. The zero-order valence-corrected chi connectivity index (χ0v) is 16.7. The Hall–Kier alpha value is -1.53. The van der Waals surface area contributed by atoms with Crippen LogP contribution in [0, 0.1) is 5.92 Å². The van der Waals surface area contributed by atoms with Crippen LogP contribution in [0.3, 0.4) is 0 Å². The highest BCUT2D eigenvalue weighted by Crippen LogP contribution is 2.20. The third-order valence-corrected chi connectivity index (χ3v) is 5.46. The molecule has 0 radical (unpaired) electrons. The van der Waals surface area contributed by atoms with E-state index in [1.54, 1.807) is 0 Å². The largest absolute Gasteiger partial charge is 0.481 e. The molecular formula is C20H30O5S. The van der Waals surface area contributed by atoms with Crippen molar-refractivity contribution >= 4 is 23.7 Å². The Morgan fingerprint density at radius 1 is 1.31 bits per heavy atom. The quantitative estimate of drug-likeness (QED) is 0.409. The highest BCUT2D eigenvalue weighted by molar-refractivity contribution is 7.99. The van der Waals surface area contributed by atoms with Gasteiger partial charge in [-0.15, -0.1) is 0 Å². The monoisotopic (exact) mass is 382 g/mol. The first-order chi connectivity index (χ1) is 12.5. The molecule has 0 aliphatic carbocycles. The van der Waals surface area contributed by atoms with Gasteiger partial charge in [0.2, 0.25) is 0 Å². The van der Waals surface area contributed by atoms with Gasteiger partial charge in [-0.2, -0.15) is 11.8 Å². The number of methoxy groups -OCH3 is 1. The molecule has 0 saturated heterocycles. The summed E-state index contributed by atoms with van der Waals surface area (Å²) in [6.07, 6.45) is 1.55. The molecule has 5 nitrogen and oxygen atoms in total. The first-order valence-corrected chi connectivity index (χ1v) is 10.2. The van der Waals surface area contributed by atoms with Crippen molar-refractivity contribution in [1.82, 2.24) is 0 Å². The van der Waals surface area contributed by atoms with Crippen molar-refractivity contribution in [3.63, 3.8) is 0 Å². The second-order valence-corrected chi connectivity index (χ2v) is 7.48. The molecule has 1 rings (SSSR count). The van der Waals surface area contributed by atoms with Gasteiger partial charge in [0.1, 0.15) is 0 Å². The molecule has 0 fully saturated rings. The van der Waals surface area contributed by atoms with Gasteiger partial charge in [-0.3, -0.25) is 9.59 Å². The first-order valence-electron chi connectivity index (χ1n) is 9.01. The number of ether oxygens (including phenoxy) is 2. The summed E-state index contributed by atoms with van der Waals surface area (Å²) < 4.78 is 10.3. The normalized spacial score (nSPS) is 13.2. The van der Waals surface area contributed by atoms with E-state index in [-0.39, 0.29) is 12.4 Å². The van der Waals surface area contributed by atoms with Crippen molar-refractivity contribution in [3.8, 4) is 0 Å². The summed E-state index contributed by atoms with van der Waals surface area (Å²) in [4.78, 5) is 22.4. The lowest BCUT2D eigenvalue weighted by molar-refractivity contribution is -0.143. The fraction of sp³-hybridized carbons (Fsp3) is 0.600. The van der Waals surface area contributed by atoms with Crippen LogP contribution in [0.4, 0.5) is 0 Å². The van der Waals surface area contributed by atoms with Crippen LogP contribution in [0.5, 0.6) is 0 Å². The van der Waals surface area contributed by atoms with E-state index in [1.165, 1.54) is 24.4 Å². The fourth-order valence-electron chi connectivity index (χ4n) is 2.43. The third kappa shape index (κ3) is 8.72. The molecule has 0 aromatic heterocycles. The van der Waals surface area contributed by atoms with E-state index >= 15 is 0 Å². The minimum Gasteiger partial charge on any atom is -0.481 e. The Morgan fingerprint density at radius 3 is 2.73 bits per heavy atom. The predicted molar refractivity (Wildman–Crippen MR) is 105 cm³/mol. The summed E-state index contributed by atoms with van der Waals surface area (Å²) in [5.74, 6) is -0.0326. The maximum Gasteiger partial charge on any atom is 0.307 e. The second kappa shape index (κ2) is 12.8. The van der Waals surface area contributed by atoms with Crippen molar-refractivity contribution < 1.29 is 24.2 Å². The van der Waals surface area contributed by atoms with E-state index in [4.69, 9.17) is 4.74 Å². The Bertz CT molecular complexity index is 561. The van der Waals surface area contributed by atoms with E-state index in [0.717, 1.165) is 17.7 Å². The number of hydrogen-bond acceptors (Lipinski definition) is 5. The van der Waals surface area contributed by atoms with E-state index in [2.05, 4.69) is 42.8 Å². The lowest BCUT2D eigenvalue weighted by atomic mass is 9.97. The SMILES string of the molecule is CCC(C)c1cccc(COCCSCC(CCC(=O)OC)C(=O)O)c1. The predicted octanol–water partition coefficient (Wildman–Crippen LogP) is 4.10. The molecule has 2 unspecified atom stereocenters. The summed E-state index contributed by atoms with van der Waals surface area (Å²) >= 11 is 1.54. The first kappa shape index (κ1) is 22.5. The lowest BCUT2D eigenvalue weighted by Gasteiger charge is -2.12. The standard InChI is InChI=1S/C20H30O5S/c1-4-15(2)17-7-5-6-16(12-17)13-25-10-11-26-14-18(20(22)23)8-9-19(21)24-3/h5-7,12,15,18H,4,8-11,13-14H2,1-3H3,(H,22,23). The lowest BCUT2D eigenvalue weighted by Crippen LogP contribution is -2.18. The van der Waals surface area contributed by atoms with Gasteiger partial charge in [-0.25, -0.2) is 0 Å². The van der Waals surface area contributed by atoms with Crippen molar-refractivity contribution in [2.75, 3.05) is 25.2 Å². The molecule has 1 aromatic carbocycles. The molecule has 146 valence electrons. The van der Waals surface area contributed by atoms with Crippen LogP contribution < -0.4 is 0 Å². The number of esters is 1. The Kier molecular flexibility index (Phi) is 11.1. The van der Waals surface area contributed by atoms with Gasteiger partial charge >= 0.3 is 11.9 Å². The molecule has 0 spiro atoms. The topological polar surface area (TPSA) is 72.8 Å². The Balaban J connectivity index is 2.25. The molecule has 6 heteroatoms. The van der Waals surface area contributed by atoms with E-state index in [0.29, 0.717) is 31.3 Å². The maximum absolute atomic E-state index is 11.2. The summed E-state index contributed by atoms with van der Waals surface area (Å²) in [5.41, 5.74) is 2.49. The second-order valence-electron chi connectivity index (χ2n) is 6.33. The van der Waals surface area contributed by atoms with Crippen LogP contribution in [0.2, 0.25) is 0 Å². The molecule has 26 heavy (non-hydrogen) atoms. The van der Waals surface area contributed by atoms with Crippen molar-refractivity contribution in [1.29, 1.82) is 0 Å². The van der Waals surface area contributed by atoms with Gasteiger partial charge in [0, 0.05) is 17.9 Å². The Labute approximate surface area is 160 Å². The molecule has 0 aliphatic heterocycles. The van der Waals surface area contributed by atoms with Gasteiger partial charge in [0.15, 0.2) is 0 Å². The third-order valence-electron chi connectivity index (χ3n) is 4.37. The number of rotatable bonds is 13. The zero-order valence-electron chi connectivity index (χ0n) is 15.9. The van der Waals surface area contributed by atoms with E-state index in [9.17, 15) is 14.7 Å². The molecular weight excluding hydrogens is 352 g/mol. The van der Waals surface area contributed by atoms with Gasteiger partial charge in [0.25, 0.3) is 0 Å². The maximum atomic E-state index is 11.2. The molecule has 1 aromatic rings. The number of benzene rings is 1. The summed E-state index contributed by atoms with van der Waals surface area (Å²) in [6, 6.07) is 8.46. The number of hydrogen-bond donors (Lipinski definition) is 1. The Morgan fingerprint density at radius 2 is 2.08 bits per heavy atom. The van der Waals surface area contributed by atoms with Gasteiger partial charge in [0.05, 0.1) is 26.2 Å². The van der Waals surface area contributed by atoms with Crippen LogP contribution in [-0.2, 0) is 25.7 Å². The van der Waals surface area contributed by atoms with E-state index < -0.39 is 11.9 Å². The van der Waals surface area contributed by atoms with Crippen LogP contribution in [0.1, 0.15) is 50.2 Å². The number of carbonyl (C=O) groups is 2. The summed E-state index contributed by atoms with van der Waals surface area (Å²) in [6.45, 7) is 5.54. The highest BCUT2D eigenvalue weighted by Gasteiger charge is 2.18. The molecule has 0 saturated carbocycles. The fourth-order valence-corrected chi connectivity index (χ4v) is 3.43. The number of aliphatic carboxylic acids is 1. The van der Waals surface area contributed by atoms with Crippen molar-refractivity contribution in [3.05, 3.63) is 35.4 Å². The summed E-state index contributed by atoms with van der Waals surface area (Å²) in [5, 5.41) is 9.20. The molecule has 0 aliphatic rings. The van der Waals surface area contributed by atoms with Crippen molar-refractivity contribution in [2.45, 2.75) is 45.6 Å². The smallest absolute Gasteiger partial charge is 0.307 e. The molecule has 0 heterocycles. The van der Waals surface area contributed by atoms with Gasteiger partial charge in [-0.1, -0.05) is 38.1 Å².